The van der Waals surface area contributed by atoms with Crippen molar-refractivity contribution in [2.24, 2.45) is 23.7 Å². The van der Waals surface area contributed by atoms with Crippen LogP contribution in [-0.2, 0) is 14.3 Å². The maximum absolute atomic E-state index is 11.6. The Labute approximate surface area is 95.9 Å². The minimum absolute atomic E-state index is 0.0404. The van der Waals surface area contributed by atoms with Gasteiger partial charge in [0.2, 0.25) is 0 Å². The van der Waals surface area contributed by atoms with Gasteiger partial charge in [-0.05, 0) is 26.2 Å². The molecule has 2 aliphatic rings. The molecule has 1 aliphatic heterocycles. The minimum atomic E-state index is -0.201. The summed E-state index contributed by atoms with van der Waals surface area (Å²) >= 11 is 0. The highest BCUT2D eigenvalue weighted by Crippen LogP contribution is 2.45. The van der Waals surface area contributed by atoms with Gasteiger partial charge in [0.25, 0.3) is 0 Å². The fourth-order valence-electron chi connectivity index (χ4n) is 3.28. The molecule has 88 valence electrons. The van der Waals surface area contributed by atoms with Gasteiger partial charge in [-0.25, -0.2) is 0 Å². The van der Waals surface area contributed by atoms with E-state index in [1.54, 1.807) is 0 Å². The molecule has 0 aromatic heterocycles. The molecule has 0 aromatic rings. The number of ether oxygens (including phenoxy) is 1. The van der Waals surface area contributed by atoms with Gasteiger partial charge in [0.1, 0.15) is 12.4 Å². The molecule has 0 amide bonds. The van der Waals surface area contributed by atoms with Gasteiger partial charge in [-0.3, -0.25) is 4.79 Å². The zero-order chi connectivity index (χ0) is 11.9. The van der Waals surface area contributed by atoms with Crippen LogP contribution in [0.5, 0.6) is 0 Å². The van der Waals surface area contributed by atoms with Crippen molar-refractivity contribution in [3.8, 4) is 0 Å². The van der Waals surface area contributed by atoms with E-state index in [1.807, 2.05) is 19.9 Å². The van der Waals surface area contributed by atoms with Crippen LogP contribution in [0, 0.1) is 23.7 Å². The van der Waals surface area contributed by atoms with Gasteiger partial charge >= 0.3 is 5.97 Å². The van der Waals surface area contributed by atoms with Crippen molar-refractivity contribution in [3.63, 3.8) is 0 Å². The molecule has 0 spiro atoms. The molecule has 0 saturated carbocycles. The normalized spacial score (nSPS) is 42.3. The number of hydrogen-bond acceptors (Lipinski definition) is 3. The summed E-state index contributed by atoms with van der Waals surface area (Å²) in [6.07, 6.45) is 3.83. The van der Waals surface area contributed by atoms with E-state index < -0.39 is 0 Å². The van der Waals surface area contributed by atoms with Gasteiger partial charge in [0.15, 0.2) is 0 Å². The average molecular weight is 222 g/mol. The summed E-state index contributed by atoms with van der Waals surface area (Å²) in [4.78, 5) is 22.9. The van der Waals surface area contributed by atoms with E-state index in [-0.39, 0.29) is 35.7 Å². The number of fused-ring (bicyclic) bond motifs is 1. The lowest BCUT2D eigenvalue weighted by Crippen LogP contribution is -2.37. The van der Waals surface area contributed by atoms with Crippen LogP contribution in [0.2, 0.25) is 0 Å². The Morgan fingerprint density at radius 1 is 1.50 bits per heavy atom. The number of rotatable bonds is 2. The van der Waals surface area contributed by atoms with Gasteiger partial charge in [-0.2, -0.15) is 0 Å². The molecule has 1 saturated heterocycles. The summed E-state index contributed by atoms with van der Waals surface area (Å²) in [6, 6.07) is 0. The predicted molar refractivity (Wildman–Crippen MR) is 59.6 cm³/mol. The Bertz CT molecular complexity index is 345. The first-order chi connectivity index (χ1) is 7.60. The maximum atomic E-state index is 11.6. The molecular weight excluding hydrogens is 204 g/mol. The highest BCUT2D eigenvalue weighted by atomic mass is 16.6. The Morgan fingerprint density at radius 3 is 2.75 bits per heavy atom. The van der Waals surface area contributed by atoms with Gasteiger partial charge in [-0.1, -0.05) is 18.6 Å². The molecule has 1 aliphatic carbocycles. The molecule has 3 heteroatoms. The number of esters is 1. The molecule has 0 radical (unpaired) electrons. The van der Waals surface area contributed by atoms with Crippen molar-refractivity contribution in [2.45, 2.75) is 33.3 Å². The van der Waals surface area contributed by atoms with Crippen LogP contribution < -0.4 is 0 Å². The fraction of sp³-hybridized carbons (Fsp3) is 0.692. The minimum Gasteiger partial charge on any atom is -0.462 e. The molecule has 0 N–H and O–H groups in total. The van der Waals surface area contributed by atoms with Crippen LogP contribution >= 0.6 is 0 Å². The molecule has 1 heterocycles. The molecule has 16 heavy (non-hydrogen) atoms. The third kappa shape index (κ3) is 1.49. The Morgan fingerprint density at radius 2 is 2.19 bits per heavy atom. The molecule has 5 atom stereocenters. The fourth-order valence-corrected chi connectivity index (χ4v) is 3.28. The highest BCUT2D eigenvalue weighted by Gasteiger charge is 2.50. The average Bonchev–Trinajstić information content (AvgIpc) is 2.52. The van der Waals surface area contributed by atoms with E-state index in [4.69, 9.17) is 4.74 Å². The van der Waals surface area contributed by atoms with Crippen LogP contribution in [0.4, 0.5) is 0 Å². The molecular formula is C13H18O3. The lowest BCUT2D eigenvalue weighted by molar-refractivity contribution is -0.142. The van der Waals surface area contributed by atoms with Gasteiger partial charge < -0.3 is 9.53 Å². The predicted octanol–water partition coefficient (Wildman–Crippen LogP) is 1.97. The van der Waals surface area contributed by atoms with Crippen molar-refractivity contribution in [2.75, 3.05) is 0 Å². The summed E-state index contributed by atoms with van der Waals surface area (Å²) in [5.74, 6) is -0.123. The Kier molecular flexibility index (Phi) is 2.87. The van der Waals surface area contributed by atoms with E-state index in [9.17, 15) is 9.59 Å². The topological polar surface area (TPSA) is 43.4 Å². The van der Waals surface area contributed by atoms with Gasteiger partial charge in [0, 0.05) is 11.8 Å². The van der Waals surface area contributed by atoms with Crippen molar-refractivity contribution >= 4 is 12.3 Å². The standard InChI is InChI=1S/C13H18O3/c1-4-9-7(2)5-10-12(11(9)6-14)8(3)16-13(10)15/h5-6,8-12H,4H2,1-3H3/t8-,9?,10-,11+,12-/m1/s1. The van der Waals surface area contributed by atoms with E-state index in [1.165, 1.54) is 0 Å². The summed E-state index contributed by atoms with van der Waals surface area (Å²) in [6.45, 7) is 5.98. The van der Waals surface area contributed by atoms with E-state index >= 15 is 0 Å². The second kappa shape index (κ2) is 4.04. The maximum Gasteiger partial charge on any atom is 0.313 e. The number of hydrogen-bond donors (Lipinski definition) is 0. The van der Waals surface area contributed by atoms with Crippen molar-refractivity contribution in [3.05, 3.63) is 11.6 Å². The first kappa shape index (κ1) is 11.4. The Hall–Kier alpha value is -1.12. The molecule has 0 bridgehead atoms. The number of cyclic esters (lactones) is 1. The van der Waals surface area contributed by atoms with Crippen molar-refractivity contribution in [1.29, 1.82) is 0 Å². The summed E-state index contributed by atoms with van der Waals surface area (Å²) in [7, 11) is 0. The monoisotopic (exact) mass is 222 g/mol. The van der Waals surface area contributed by atoms with Crippen LogP contribution in [0.1, 0.15) is 27.2 Å². The lowest BCUT2D eigenvalue weighted by Gasteiger charge is -2.34. The number of aldehydes is 1. The molecule has 1 unspecified atom stereocenters. The molecule has 0 aromatic carbocycles. The van der Waals surface area contributed by atoms with Crippen LogP contribution in [-0.4, -0.2) is 18.4 Å². The van der Waals surface area contributed by atoms with E-state index in [0.29, 0.717) is 0 Å². The Balaban J connectivity index is 2.40. The molecule has 1 fully saturated rings. The zero-order valence-corrected chi connectivity index (χ0v) is 9.97. The van der Waals surface area contributed by atoms with Crippen LogP contribution in [0.15, 0.2) is 11.6 Å². The second-order valence-electron chi connectivity index (χ2n) is 4.88. The summed E-state index contributed by atoms with van der Waals surface area (Å²) in [5, 5.41) is 0. The van der Waals surface area contributed by atoms with Gasteiger partial charge in [-0.15, -0.1) is 0 Å². The number of carbonyl (C=O) groups excluding carboxylic acids is 2. The first-order valence-electron chi connectivity index (χ1n) is 5.94. The molecule has 3 nitrogen and oxygen atoms in total. The highest BCUT2D eigenvalue weighted by molar-refractivity contribution is 5.79. The third-order valence-corrected chi connectivity index (χ3v) is 4.06. The number of allylic oxidation sites excluding steroid dienone is 1. The second-order valence-corrected chi connectivity index (χ2v) is 4.88. The smallest absolute Gasteiger partial charge is 0.313 e. The van der Waals surface area contributed by atoms with Crippen LogP contribution in [0.25, 0.3) is 0 Å². The number of carbonyl (C=O) groups is 2. The van der Waals surface area contributed by atoms with Gasteiger partial charge in [0.05, 0.1) is 5.92 Å². The molecule has 2 rings (SSSR count). The van der Waals surface area contributed by atoms with Crippen molar-refractivity contribution < 1.29 is 14.3 Å². The van der Waals surface area contributed by atoms with E-state index in [0.717, 1.165) is 18.3 Å². The SMILES string of the molecule is CCC1C(C)=C[C@H]2C(=O)O[C@H](C)[C@H]2[C@H]1C=O. The third-order valence-electron chi connectivity index (χ3n) is 4.06. The summed E-state index contributed by atoms with van der Waals surface area (Å²) in [5.41, 5.74) is 1.16. The lowest BCUT2D eigenvalue weighted by atomic mass is 9.66. The van der Waals surface area contributed by atoms with Crippen molar-refractivity contribution in [1.82, 2.24) is 0 Å². The van der Waals surface area contributed by atoms with Crippen LogP contribution in [0.3, 0.4) is 0 Å². The van der Waals surface area contributed by atoms with E-state index in [2.05, 4.69) is 6.92 Å². The summed E-state index contributed by atoms with van der Waals surface area (Å²) < 4.78 is 5.24. The zero-order valence-electron chi connectivity index (χ0n) is 9.97. The largest absolute Gasteiger partial charge is 0.462 e. The quantitative estimate of drug-likeness (QED) is 0.407. The first-order valence-corrected chi connectivity index (χ1v) is 5.94.